The molecule has 0 saturated heterocycles. The van der Waals surface area contributed by atoms with Gasteiger partial charge >= 0.3 is 11.9 Å². The van der Waals surface area contributed by atoms with E-state index in [2.05, 4.69) is 6.92 Å². The van der Waals surface area contributed by atoms with Crippen LogP contribution in [0.5, 0.6) is 17.2 Å². The maximum absolute atomic E-state index is 12.0. The summed E-state index contributed by atoms with van der Waals surface area (Å²) in [6, 6.07) is 14.0. The lowest BCUT2D eigenvalue weighted by Crippen LogP contribution is -2.11. The second-order valence-electron chi connectivity index (χ2n) is 7.54. The fraction of sp³-hybridized carbons (Fsp3) is 0.462. The number of rotatable bonds is 14. The van der Waals surface area contributed by atoms with Crippen LogP contribution in [0.1, 0.15) is 82.0 Å². The molecule has 0 heterocycles. The number of carbonyl (C=O) groups excluding carboxylic acids is 2. The van der Waals surface area contributed by atoms with Gasteiger partial charge in [-0.05, 0) is 48.9 Å². The molecule has 2 rings (SSSR count). The van der Waals surface area contributed by atoms with E-state index in [1.807, 2.05) is 24.3 Å². The van der Waals surface area contributed by atoms with Crippen LogP contribution in [-0.2, 0) is 9.53 Å². The first-order valence-electron chi connectivity index (χ1n) is 11.4. The molecule has 0 aliphatic rings. The Hall–Kier alpha value is -2.82. The molecule has 0 amide bonds. The molecule has 0 radical (unpaired) electrons. The van der Waals surface area contributed by atoms with Crippen molar-refractivity contribution in [2.75, 3.05) is 6.61 Å². The minimum absolute atomic E-state index is 0.148. The van der Waals surface area contributed by atoms with Gasteiger partial charge in [-0.2, -0.15) is 0 Å². The first kappa shape index (κ1) is 24.4. The fourth-order valence-electron chi connectivity index (χ4n) is 3.09. The van der Waals surface area contributed by atoms with Gasteiger partial charge in [0.15, 0.2) is 0 Å². The van der Waals surface area contributed by atoms with E-state index in [9.17, 15) is 9.59 Å². The molecule has 0 unspecified atom stereocenters. The number of carbonyl (C=O) groups is 2. The summed E-state index contributed by atoms with van der Waals surface area (Å²) in [5.41, 5.74) is 0.268. The normalized spacial score (nSPS) is 10.5. The van der Waals surface area contributed by atoms with Crippen LogP contribution in [0.2, 0.25) is 0 Å². The van der Waals surface area contributed by atoms with E-state index in [0.29, 0.717) is 11.5 Å². The Labute approximate surface area is 185 Å². The SMILES string of the molecule is CCCCCCCCCCOc1ccc(Oc2cccc(C(=O)OC(=O)CC)c2)cc1. The van der Waals surface area contributed by atoms with Crippen molar-refractivity contribution in [3.63, 3.8) is 0 Å². The van der Waals surface area contributed by atoms with E-state index in [1.165, 1.54) is 44.9 Å². The van der Waals surface area contributed by atoms with E-state index < -0.39 is 11.9 Å². The molecule has 0 spiro atoms. The van der Waals surface area contributed by atoms with Gasteiger partial charge in [0.25, 0.3) is 0 Å². The number of hydrogen-bond acceptors (Lipinski definition) is 5. The van der Waals surface area contributed by atoms with Gasteiger partial charge < -0.3 is 14.2 Å². The molecule has 2 aromatic carbocycles. The predicted octanol–water partition coefficient (Wildman–Crippen LogP) is 7.09. The van der Waals surface area contributed by atoms with Gasteiger partial charge in [0, 0.05) is 6.42 Å². The summed E-state index contributed by atoms with van der Waals surface area (Å²) in [5, 5.41) is 0. The van der Waals surface area contributed by atoms with Crippen molar-refractivity contribution >= 4 is 11.9 Å². The third-order valence-corrected chi connectivity index (χ3v) is 4.89. The van der Waals surface area contributed by atoms with Gasteiger partial charge in [-0.3, -0.25) is 4.79 Å². The molecule has 2 aromatic rings. The zero-order chi connectivity index (χ0) is 22.3. The molecule has 5 nitrogen and oxygen atoms in total. The molecule has 0 bridgehead atoms. The van der Waals surface area contributed by atoms with Crippen LogP contribution in [0, 0.1) is 0 Å². The van der Waals surface area contributed by atoms with Crippen molar-refractivity contribution in [3.8, 4) is 17.2 Å². The highest BCUT2D eigenvalue weighted by Gasteiger charge is 2.12. The molecule has 0 aromatic heterocycles. The van der Waals surface area contributed by atoms with Crippen molar-refractivity contribution in [2.45, 2.75) is 71.6 Å². The third-order valence-electron chi connectivity index (χ3n) is 4.89. The highest BCUT2D eigenvalue weighted by atomic mass is 16.6. The van der Waals surface area contributed by atoms with E-state index >= 15 is 0 Å². The van der Waals surface area contributed by atoms with Crippen molar-refractivity contribution in [2.24, 2.45) is 0 Å². The first-order valence-corrected chi connectivity index (χ1v) is 11.4. The van der Waals surface area contributed by atoms with Crippen LogP contribution in [0.4, 0.5) is 0 Å². The van der Waals surface area contributed by atoms with Gasteiger partial charge in [0.1, 0.15) is 17.2 Å². The summed E-state index contributed by atoms with van der Waals surface area (Å²) in [4.78, 5) is 23.3. The second-order valence-corrected chi connectivity index (χ2v) is 7.54. The molecule has 0 fully saturated rings. The fourth-order valence-corrected chi connectivity index (χ4v) is 3.09. The number of unbranched alkanes of at least 4 members (excludes halogenated alkanes) is 7. The number of hydrogen-bond donors (Lipinski definition) is 0. The molecule has 0 aliphatic heterocycles. The van der Waals surface area contributed by atoms with Crippen LogP contribution in [-0.4, -0.2) is 18.5 Å². The average Bonchev–Trinajstić information content (AvgIpc) is 2.79. The highest BCUT2D eigenvalue weighted by molar-refractivity contribution is 5.97. The zero-order valence-corrected chi connectivity index (χ0v) is 18.7. The maximum Gasteiger partial charge on any atom is 0.345 e. The van der Waals surface area contributed by atoms with Gasteiger partial charge in [-0.15, -0.1) is 0 Å². The maximum atomic E-state index is 12.0. The molecule has 5 heteroatoms. The van der Waals surface area contributed by atoms with E-state index in [0.717, 1.165) is 18.8 Å². The minimum Gasteiger partial charge on any atom is -0.494 e. The second kappa shape index (κ2) is 14.2. The summed E-state index contributed by atoms with van der Waals surface area (Å²) in [6.45, 7) is 4.60. The summed E-state index contributed by atoms with van der Waals surface area (Å²) < 4.78 is 16.4. The van der Waals surface area contributed by atoms with Crippen LogP contribution < -0.4 is 9.47 Å². The molecule has 31 heavy (non-hydrogen) atoms. The third kappa shape index (κ3) is 9.69. The monoisotopic (exact) mass is 426 g/mol. The lowest BCUT2D eigenvalue weighted by atomic mass is 10.1. The van der Waals surface area contributed by atoms with E-state index in [1.54, 1.807) is 31.2 Å². The van der Waals surface area contributed by atoms with Crippen molar-refractivity contribution in [1.82, 2.24) is 0 Å². The summed E-state index contributed by atoms with van der Waals surface area (Å²) >= 11 is 0. The molecule has 168 valence electrons. The Morgan fingerprint density at radius 3 is 2.06 bits per heavy atom. The molecule has 0 aliphatic carbocycles. The average molecular weight is 427 g/mol. The highest BCUT2D eigenvalue weighted by Crippen LogP contribution is 2.25. The van der Waals surface area contributed by atoms with Gasteiger partial charge in [0.05, 0.1) is 12.2 Å². The van der Waals surface area contributed by atoms with Crippen LogP contribution in [0.15, 0.2) is 48.5 Å². The minimum atomic E-state index is -0.679. The Morgan fingerprint density at radius 2 is 1.39 bits per heavy atom. The van der Waals surface area contributed by atoms with Crippen molar-refractivity contribution < 1.29 is 23.8 Å². The molecule has 0 N–H and O–H groups in total. The number of ether oxygens (including phenoxy) is 3. The van der Waals surface area contributed by atoms with Gasteiger partial charge in [-0.1, -0.05) is 64.9 Å². The Kier molecular flexibility index (Phi) is 11.2. The lowest BCUT2D eigenvalue weighted by Gasteiger charge is -2.09. The Balaban J connectivity index is 1.73. The first-order chi connectivity index (χ1) is 15.1. The van der Waals surface area contributed by atoms with Crippen molar-refractivity contribution in [3.05, 3.63) is 54.1 Å². The predicted molar refractivity (Wildman–Crippen MR) is 122 cm³/mol. The summed E-state index contributed by atoms with van der Waals surface area (Å²) in [6.07, 6.45) is 10.4. The summed E-state index contributed by atoms with van der Waals surface area (Å²) in [7, 11) is 0. The zero-order valence-electron chi connectivity index (χ0n) is 18.7. The Morgan fingerprint density at radius 1 is 0.742 bits per heavy atom. The standard InChI is InChI=1S/C26H34O5/c1-3-5-6-7-8-9-10-11-19-29-22-15-17-23(18-16-22)30-24-14-12-13-21(20-24)26(28)31-25(27)4-2/h12-18,20H,3-11,19H2,1-2H3. The van der Waals surface area contributed by atoms with Gasteiger partial charge in [0.2, 0.25) is 0 Å². The molecule has 0 atom stereocenters. The largest absolute Gasteiger partial charge is 0.494 e. The quantitative estimate of drug-likeness (QED) is 0.183. The smallest absolute Gasteiger partial charge is 0.345 e. The van der Waals surface area contributed by atoms with Crippen molar-refractivity contribution in [1.29, 1.82) is 0 Å². The molecular formula is C26H34O5. The lowest BCUT2D eigenvalue weighted by molar-refractivity contribution is -0.137. The van der Waals surface area contributed by atoms with E-state index in [4.69, 9.17) is 14.2 Å². The summed E-state index contributed by atoms with van der Waals surface area (Å²) in [5.74, 6) is 0.701. The van der Waals surface area contributed by atoms with Crippen LogP contribution in [0.3, 0.4) is 0 Å². The number of benzene rings is 2. The topological polar surface area (TPSA) is 61.8 Å². The van der Waals surface area contributed by atoms with Crippen LogP contribution >= 0.6 is 0 Å². The number of esters is 2. The van der Waals surface area contributed by atoms with E-state index in [-0.39, 0.29) is 12.0 Å². The Bertz CT molecular complexity index is 798. The van der Waals surface area contributed by atoms with Gasteiger partial charge in [-0.25, -0.2) is 4.79 Å². The van der Waals surface area contributed by atoms with Crippen LogP contribution in [0.25, 0.3) is 0 Å². The molecule has 0 saturated carbocycles. The molecular weight excluding hydrogens is 392 g/mol.